The van der Waals surface area contributed by atoms with E-state index in [1.165, 1.54) is 0 Å². The minimum atomic E-state index is -5.12. The van der Waals surface area contributed by atoms with Crippen molar-refractivity contribution in [1.82, 2.24) is 9.29 Å². The normalized spacial score (nSPS) is 13.4. The molecule has 1 aromatic carbocycles. The largest absolute Gasteiger partial charge is 0.409 e. The molecule has 0 aliphatic heterocycles. The highest BCUT2D eigenvalue weighted by Crippen LogP contribution is 2.40. The topological polar surface area (TPSA) is 74.1 Å². The summed E-state index contributed by atoms with van der Waals surface area (Å²) in [6.45, 7) is 0.542. The van der Waals surface area contributed by atoms with Gasteiger partial charge in [0.15, 0.2) is 11.6 Å². The number of hydrogen-bond acceptors (Lipinski definition) is 4. The summed E-state index contributed by atoms with van der Waals surface area (Å²) in [5, 5.41) is 8.84. The van der Waals surface area contributed by atoms with Gasteiger partial charge in [0.1, 0.15) is 17.0 Å². The maximum absolute atomic E-state index is 13.7. The van der Waals surface area contributed by atoms with Crippen molar-refractivity contribution in [3.8, 4) is 6.07 Å². The molecule has 0 saturated heterocycles. The Hall–Kier alpha value is -2.58. The number of alkyl halides is 3. The third kappa shape index (κ3) is 4.23. The molecule has 0 N–H and O–H groups in total. The van der Waals surface area contributed by atoms with E-state index in [9.17, 15) is 30.4 Å². The van der Waals surface area contributed by atoms with Crippen LogP contribution in [0.4, 0.5) is 22.0 Å². The molecule has 2 aromatic rings. The number of nitriles is 1. The van der Waals surface area contributed by atoms with E-state index >= 15 is 0 Å². The van der Waals surface area contributed by atoms with Crippen LogP contribution in [0, 0.1) is 23.0 Å². The molecule has 11 heteroatoms. The summed E-state index contributed by atoms with van der Waals surface area (Å²) >= 11 is 0. The van der Waals surface area contributed by atoms with E-state index in [2.05, 4.69) is 4.98 Å². The highest BCUT2D eigenvalue weighted by Gasteiger charge is 2.49. The second-order valence-electron chi connectivity index (χ2n) is 5.35. The third-order valence-corrected chi connectivity index (χ3v) is 5.52. The molecule has 27 heavy (non-hydrogen) atoms. The summed E-state index contributed by atoms with van der Waals surface area (Å²) in [4.78, 5) is 2.91. The van der Waals surface area contributed by atoms with Crippen molar-refractivity contribution in [2.45, 2.75) is 24.0 Å². The molecule has 0 amide bonds. The lowest BCUT2D eigenvalue weighted by atomic mass is 10.1. The Kier molecular flexibility index (Phi) is 5.82. The second kappa shape index (κ2) is 7.58. The molecule has 0 aliphatic carbocycles. The first-order valence-corrected chi connectivity index (χ1v) is 8.85. The standard InChI is InChI=1S/C16H12F5N3O2S/c1-2-24(27(25,26)12-5-10(7-22)8-23-9-12)15(16(19,20)21)11-3-4-13(17)14(18)6-11/h3-6,8-9,15H,2H2,1H3. The van der Waals surface area contributed by atoms with Gasteiger partial charge in [-0.15, -0.1) is 0 Å². The van der Waals surface area contributed by atoms with Crippen LogP contribution in [-0.2, 0) is 10.0 Å². The molecule has 0 radical (unpaired) electrons. The van der Waals surface area contributed by atoms with Crippen LogP contribution in [0.3, 0.4) is 0 Å². The van der Waals surface area contributed by atoms with Gasteiger partial charge in [-0.25, -0.2) is 17.2 Å². The van der Waals surface area contributed by atoms with Gasteiger partial charge >= 0.3 is 6.18 Å². The van der Waals surface area contributed by atoms with Gasteiger partial charge in [0.05, 0.1) is 5.56 Å². The number of halogens is 5. The van der Waals surface area contributed by atoms with Crippen LogP contribution in [-0.4, -0.2) is 30.4 Å². The Morgan fingerprint density at radius 2 is 1.85 bits per heavy atom. The molecule has 0 fully saturated rings. The highest BCUT2D eigenvalue weighted by atomic mass is 32.2. The molecule has 1 unspecified atom stereocenters. The molecular weight excluding hydrogens is 393 g/mol. The van der Waals surface area contributed by atoms with Crippen molar-refractivity contribution in [3.05, 3.63) is 59.4 Å². The van der Waals surface area contributed by atoms with Crippen molar-refractivity contribution in [2.75, 3.05) is 6.54 Å². The number of sulfonamides is 1. The van der Waals surface area contributed by atoms with Gasteiger partial charge < -0.3 is 0 Å². The van der Waals surface area contributed by atoms with Crippen LogP contribution in [0.2, 0.25) is 0 Å². The molecule has 0 bridgehead atoms. The summed E-state index contributed by atoms with van der Waals surface area (Å²) in [5.74, 6) is -2.90. The van der Waals surface area contributed by atoms with Crippen LogP contribution in [0.5, 0.6) is 0 Å². The van der Waals surface area contributed by atoms with Gasteiger partial charge in [-0.1, -0.05) is 13.0 Å². The first-order valence-electron chi connectivity index (χ1n) is 7.41. The first kappa shape index (κ1) is 20.7. The van der Waals surface area contributed by atoms with Gasteiger partial charge in [-0.3, -0.25) is 4.98 Å². The Balaban J connectivity index is 2.64. The highest BCUT2D eigenvalue weighted by molar-refractivity contribution is 7.89. The number of aromatic nitrogens is 1. The van der Waals surface area contributed by atoms with Crippen LogP contribution in [0.15, 0.2) is 41.6 Å². The molecule has 0 spiro atoms. The predicted molar refractivity (Wildman–Crippen MR) is 83.7 cm³/mol. The zero-order valence-corrected chi connectivity index (χ0v) is 14.5. The fraction of sp³-hybridized carbons (Fsp3) is 0.250. The van der Waals surface area contributed by atoms with E-state index in [0.29, 0.717) is 18.2 Å². The summed E-state index contributed by atoms with van der Waals surface area (Å²) in [7, 11) is -4.75. The van der Waals surface area contributed by atoms with Crippen molar-refractivity contribution in [1.29, 1.82) is 5.26 Å². The average molecular weight is 405 g/mol. The zero-order chi connectivity index (χ0) is 20.4. The number of hydrogen-bond donors (Lipinski definition) is 0. The molecule has 0 aliphatic rings. The third-order valence-electron chi connectivity index (χ3n) is 3.62. The molecule has 1 aromatic heterocycles. The monoisotopic (exact) mass is 405 g/mol. The quantitative estimate of drug-likeness (QED) is 0.714. The average Bonchev–Trinajstić information content (AvgIpc) is 2.61. The second-order valence-corrected chi connectivity index (χ2v) is 7.24. The number of nitrogens with zero attached hydrogens (tertiary/aromatic N) is 3. The Labute approximate surface area is 151 Å². The Morgan fingerprint density at radius 3 is 2.37 bits per heavy atom. The lowest BCUT2D eigenvalue weighted by Gasteiger charge is -2.31. The van der Waals surface area contributed by atoms with E-state index in [4.69, 9.17) is 5.26 Å². The van der Waals surface area contributed by atoms with Crippen LogP contribution in [0.1, 0.15) is 24.1 Å². The van der Waals surface area contributed by atoms with Gasteiger partial charge in [-0.05, 0) is 23.8 Å². The van der Waals surface area contributed by atoms with Gasteiger partial charge in [0, 0.05) is 18.9 Å². The van der Waals surface area contributed by atoms with Gasteiger partial charge in [0.2, 0.25) is 10.0 Å². The van der Waals surface area contributed by atoms with E-state index in [0.717, 1.165) is 25.4 Å². The summed E-state index contributed by atoms with van der Waals surface area (Å²) < 4.78 is 93.2. The molecule has 144 valence electrons. The van der Waals surface area contributed by atoms with Crippen molar-refractivity contribution < 1.29 is 30.4 Å². The fourth-order valence-electron chi connectivity index (χ4n) is 2.45. The summed E-state index contributed by atoms with van der Waals surface area (Å²) in [6, 6.07) is 1.22. The molecule has 1 heterocycles. The lowest BCUT2D eigenvalue weighted by molar-refractivity contribution is -0.173. The Bertz CT molecular complexity index is 986. The minimum absolute atomic E-state index is 0.0951. The summed E-state index contributed by atoms with van der Waals surface area (Å²) in [5.41, 5.74) is -0.945. The molecule has 1 atom stereocenters. The molecule has 2 rings (SSSR count). The number of benzene rings is 1. The van der Waals surface area contributed by atoms with Crippen LogP contribution < -0.4 is 0 Å². The minimum Gasteiger partial charge on any atom is -0.262 e. The Morgan fingerprint density at radius 1 is 1.19 bits per heavy atom. The zero-order valence-electron chi connectivity index (χ0n) is 13.7. The summed E-state index contributed by atoms with van der Waals surface area (Å²) in [6.07, 6.45) is -3.27. The lowest BCUT2D eigenvalue weighted by Crippen LogP contribution is -2.42. The van der Waals surface area contributed by atoms with E-state index in [1.807, 2.05) is 0 Å². The fourth-order valence-corrected chi connectivity index (χ4v) is 4.05. The van der Waals surface area contributed by atoms with Gasteiger partial charge in [0.25, 0.3) is 0 Å². The van der Waals surface area contributed by atoms with E-state index < -0.39 is 50.9 Å². The van der Waals surface area contributed by atoms with Crippen molar-refractivity contribution >= 4 is 10.0 Å². The molecular formula is C16H12F5N3O2S. The predicted octanol–water partition coefficient (Wildman–Crippen LogP) is 3.55. The molecule has 0 saturated carbocycles. The first-order chi connectivity index (χ1) is 12.5. The maximum Gasteiger partial charge on any atom is 0.409 e. The van der Waals surface area contributed by atoms with Gasteiger partial charge in [-0.2, -0.15) is 22.7 Å². The van der Waals surface area contributed by atoms with Crippen LogP contribution >= 0.6 is 0 Å². The van der Waals surface area contributed by atoms with Crippen molar-refractivity contribution in [2.24, 2.45) is 0 Å². The number of pyridine rings is 1. The smallest absolute Gasteiger partial charge is 0.262 e. The number of rotatable bonds is 5. The SMILES string of the molecule is CCN(C(c1ccc(F)c(F)c1)C(F)(F)F)S(=O)(=O)c1cncc(C#N)c1. The van der Waals surface area contributed by atoms with E-state index in [1.54, 1.807) is 6.07 Å². The van der Waals surface area contributed by atoms with E-state index in [-0.39, 0.29) is 9.87 Å². The molecule has 5 nitrogen and oxygen atoms in total. The van der Waals surface area contributed by atoms with Crippen LogP contribution in [0.25, 0.3) is 0 Å². The van der Waals surface area contributed by atoms with Crippen molar-refractivity contribution in [3.63, 3.8) is 0 Å². The maximum atomic E-state index is 13.7.